The van der Waals surface area contributed by atoms with E-state index in [9.17, 15) is 13.2 Å². The zero-order valence-electron chi connectivity index (χ0n) is 5.18. The quantitative estimate of drug-likeness (QED) is 0.400. The van der Waals surface area contributed by atoms with Crippen LogP contribution in [0.15, 0.2) is 0 Å². The number of rotatable bonds is 1. The summed E-state index contributed by atoms with van der Waals surface area (Å²) in [5, 5.41) is 0. The van der Waals surface area contributed by atoms with E-state index in [0.717, 1.165) is 0 Å². The van der Waals surface area contributed by atoms with Gasteiger partial charge in [-0.1, -0.05) is 0 Å². The highest BCUT2D eigenvalue weighted by Gasteiger charge is 2.11. The second-order valence-electron chi connectivity index (χ2n) is 1.71. The van der Waals surface area contributed by atoms with Crippen molar-refractivity contribution in [2.45, 2.75) is 5.75 Å². The fraction of sp³-hybridized carbons (Fsp3) is 0.200. The summed E-state index contributed by atoms with van der Waals surface area (Å²) in [5.41, 5.74) is -0.422. The average molecular weight is 180 g/mol. The van der Waals surface area contributed by atoms with Crippen LogP contribution in [0.5, 0.6) is 0 Å². The van der Waals surface area contributed by atoms with Gasteiger partial charge in [0.25, 0.3) is 0 Å². The lowest BCUT2D eigenvalue weighted by molar-refractivity contribution is 0.429. The molecule has 0 aliphatic heterocycles. The molecule has 6 heteroatoms. The highest BCUT2D eigenvalue weighted by molar-refractivity contribution is 7.79. The first-order valence-electron chi connectivity index (χ1n) is 2.63. The third-order valence-electron chi connectivity index (χ3n) is 1.04. The molecule has 0 fully saturated rings. The van der Waals surface area contributed by atoms with Crippen LogP contribution in [0.1, 0.15) is 5.56 Å². The third-order valence-corrected chi connectivity index (χ3v) is 1.35. The van der Waals surface area contributed by atoms with Crippen LogP contribution in [-0.4, -0.2) is 9.97 Å². The normalized spacial score (nSPS) is 10.2. The van der Waals surface area contributed by atoms with E-state index in [1.54, 1.807) is 0 Å². The standard InChI is InChI=1S/C5H3F3N2S/c6-3-2(1-11)4(7)10-5(8)9-3/h11H,1H2. The molecule has 0 N–H and O–H groups in total. The van der Waals surface area contributed by atoms with Crippen LogP contribution in [0.2, 0.25) is 0 Å². The Labute approximate surface area is 65.9 Å². The van der Waals surface area contributed by atoms with Crippen molar-refractivity contribution in [2.24, 2.45) is 0 Å². The number of hydrogen-bond donors (Lipinski definition) is 1. The molecule has 0 spiro atoms. The molecule has 0 saturated heterocycles. The molecule has 1 aromatic heterocycles. The lowest BCUT2D eigenvalue weighted by atomic mass is 10.4. The molecule has 1 heterocycles. The van der Waals surface area contributed by atoms with Crippen LogP contribution < -0.4 is 0 Å². The zero-order valence-corrected chi connectivity index (χ0v) is 6.08. The average Bonchev–Trinajstić information content (AvgIpc) is 1.85. The van der Waals surface area contributed by atoms with E-state index in [2.05, 4.69) is 22.6 Å². The van der Waals surface area contributed by atoms with Gasteiger partial charge in [0.2, 0.25) is 11.9 Å². The van der Waals surface area contributed by atoms with Gasteiger partial charge in [-0.2, -0.15) is 35.8 Å². The van der Waals surface area contributed by atoms with Crippen molar-refractivity contribution >= 4 is 12.6 Å². The van der Waals surface area contributed by atoms with E-state index in [1.807, 2.05) is 0 Å². The predicted molar refractivity (Wildman–Crippen MR) is 34.6 cm³/mol. The molecule has 0 amide bonds. The van der Waals surface area contributed by atoms with E-state index in [4.69, 9.17) is 0 Å². The molecule has 0 aliphatic rings. The molecular weight excluding hydrogens is 177 g/mol. The number of aromatic nitrogens is 2. The van der Waals surface area contributed by atoms with E-state index in [-0.39, 0.29) is 5.75 Å². The fourth-order valence-electron chi connectivity index (χ4n) is 0.538. The molecule has 0 saturated carbocycles. The first-order valence-corrected chi connectivity index (χ1v) is 3.26. The minimum Gasteiger partial charge on any atom is -0.184 e. The summed E-state index contributed by atoms with van der Waals surface area (Å²) >= 11 is 3.60. The number of hydrogen-bond acceptors (Lipinski definition) is 3. The zero-order chi connectivity index (χ0) is 8.43. The summed E-state index contributed by atoms with van der Waals surface area (Å²) < 4.78 is 36.9. The molecule has 1 rings (SSSR count). The summed E-state index contributed by atoms with van der Waals surface area (Å²) in [6, 6.07) is 0. The Kier molecular flexibility index (Phi) is 2.33. The van der Waals surface area contributed by atoms with Gasteiger partial charge in [-0.05, 0) is 0 Å². The largest absolute Gasteiger partial charge is 0.313 e. The molecule has 0 aliphatic carbocycles. The fourth-order valence-corrected chi connectivity index (χ4v) is 0.798. The molecule has 0 bridgehead atoms. The molecule has 60 valence electrons. The molecule has 0 aromatic carbocycles. The van der Waals surface area contributed by atoms with Crippen molar-refractivity contribution < 1.29 is 13.2 Å². The summed E-state index contributed by atoms with van der Waals surface area (Å²) in [6.45, 7) is 0. The molecule has 2 nitrogen and oxygen atoms in total. The summed E-state index contributed by atoms with van der Waals surface area (Å²) in [5.74, 6) is -2.60. The Hall–Kier alpha value is -0.780. The number of nitrogens with zero attached hydrogens (tertiary/aromatic N) is 2. The molecular formula is C5H3F3N2S. The van der Waals surface area contributed by atoms with Gasteiger partial charge in [0.1, 0.15) is 0 Å². The van der Waals surface area contributed by atoms with E-state index in [1.165, 1.54) is 0 Å². The predicted octanol–water partition coefficient (Wildman–Crippen LogP) is 1.32. The minimum absolute atomic E-state index is 0.196. The Balaban J connectivity index is 3.25. The molecule has 1 aromatic rings. The van der Waals surface area contributed by atoms with Gasteiger partial charge >= 0.3 is 6.08 Å². The molecule has 0 atom stereocenters. The van der Waals surface area contributed by atoms with Crippen molar-refractivity contribution in [3.05, 3.63) is 23.5 Å². The van der Waals surface area contributed by atoms with Crippen molar-refractivity contribution in [3.63, 3.8) is 0 Å². The maximum absolute atomic E-state index is 12.4. The summed E-state index contributed by atoms with van der Waals surface area (Å²) in [4.78, 5) is 5.34. The van der Waals surface area contributed by atoms with Gasteiger partial charge in [-0.25, -0.2) is 0 Å². The van der Waals surface area contributed by atoms with Crippen molar-refractivity contribution in [1.29, 1.82) is 0 Å². The van der Waals surface area contributed by atoms with Crippen molar-refractivity contribution in [2.75, 3.05) is 0 Å². The number of thiol groups is 1. The summed E-state index contributed by atoms with van der Waals surface area (Å²) in [6.07, 6.45) is -1.41. The maximum Gasteiger partial charge on any atom is 0.313 e. The van der Waals surface area contributed by atoms with Gasteiger partial charge < -0.3 is 0 Å². The smallest absolute Gasteiger partial charge is 0.184 e. The highest BCUT2D eigenvalue weighted by atomic mass is 32.1. The van der Waals surface area contributed by atoms with Crippen LogP contribution in [0.25, 0.3) is 0 Å². The minimum atomic E-state index is -1.41. The lowest BCUT2D eigenvalue weighted by Crippen LogP contribution is -2.03. The lowest BCUT2D eigenvalue weighted by Gasteiger charge is -1.97. The van der Waals surface area contributed by atoms with E-state index >= 15 is 0 Å². The Morgan fingerprint density at radius 1 is 1.09 bits per heavy atom. The van der Waals surface area contributed by atoms with Gasteiger partial charge in [0.15, 0.2) is 0 Å². The van der Waals surface area contributed by atoms with Crippen LogP contribution in [0, 0.1) is 18.0 Å². The molecule has 0 radical (unpaired) electrons. The first kappa shape index (κ1) is 8.32. The molecule has 11 heavy (non-hydrogen) atoms. The summed E-state index contributed by atoms with van der Waals surface area (Å²) in [7, 11) is 0. The van der Waals surface area contributed by atoms with Gasteiger partial charge in [0, 0.05) is 5.75 Å². The van der Waals surface area contributed by atoms with Crippen molar-refractivity contribution in [3.8, 4) is 0 Å². The maximum atomic E-state index is 12.4. The number of halogens is 3. The van der Waals surface area contributed by atoms with Crippen molar-refractivity contribution in [1.82, 2.24) is 9.97 Å². The van der Waals surface area contributed by atoms with Crippen LogP contribution in [0.3, 0.4) is 0 Å². The third kappa shape index (κ3) is 1.62. The van der Waals surface area contributed by atoms with Gasteiger partial charge in [-0.15, -0.1) is 0 Å². The van der Waals surface area contributed by atoms with Gasteiger partial charge in [0.05, 0.1) is 5.56 Å². The Bertz CT molecular complexity index is 255. The topological polar surface area (TPSA) is 25.8 Å². The molecule has 0 unspecified atom stereocenters. The highest BCUT2D eigenvalue weighted by Crippen LogP contribution is 2.10. The van der Waals surface area contributed by atoms with E-state index < -0.39 is 23.5 Å². The van der Waals surface area contributed by atoms with Gasteiger partial charge in [-0.3, -0.25) is 0 Å². The first-order chi connectivity index (χ1) is 5.15. The SMILES string of the molecule is Fc1nc(F)c(CS)c(F)n1. The van der Waals surface area contributed by atoms with Crippen LogP contribution in [0.4, 0.5) is 13.2 Å². The second-order valence-corrected chi connectivity index (χ2v) is 2.03. The van der Waals surface area contributed by atoms with Crippen LogP contribution >= 0.6 is 12.6 Å². The Morgan fingerprint density at radius 2 is 1.55 bits per heavy atom. The van der Waals surface area contributed by atoms with E-state index in [0.29, 0.717) is 0 Å². The second kappa shape index (κ2) is 3.08. The monoisotopic (exact) mass is 180 g/mol. The van der Waals surface area contributed by atoms with Crippen LogP contribution in [-0.2, 0) is 5.75 Å². The Morgan fingerprint density at radius 3 is 1.91 bits per heavy atom.